The lowest BCUT2D eigenvalue weighted by molar-refractivity contribution is -0.131. The first-order valence-electron chi connectivity index (χ1n) is 14.3. The Morgan fingerprint density at radius 1 is 1.00 bits per heavy atom. The van der Waals surface area contributed by atoms with E-state index in [1.165, 1.54) is 6.26 Å². The normalized spacial score (nSPS) is 16.7. The third-order valence-corrected chi connectivity index (χ3v) is 7.62. The molecule has 0 unspecified atom stereocenters. The number of halogens is 2. The number of amides is 3. The molecule has 3 heterocycles. The van der Waals surface area contributed by atoms with E-state index in [1.54, 1.807) is 6.07 Å². The summed E-state index contributed by atoms with van der Waals surface area (Å²) >= 11 is 0. The molecule has 0 spiro atoms. The lowest BCUT2D eigenvalue weighted by Crippen LogP contribution is -2.46. The van der Waals surface area contributed by atoms with Crippen molar-refractivity contribution in [1.82, 2.24) is 25.4 Å². The maximum Gasteiger partial charge on any atom is 0.276 e. The van der Waals surface area contributed by atoms with Crippen LogP contribution in [0.15, 0.2) is 59.2 Å². The number of alkyl halides is 2. The molecule has 2 saturated heterocycles. The van der Waals surface area contributed by atoms with E-state index in [0.717, 1.165) is 34.7 Å². The van der Waals surface area contributed by atoms with Crippen molar-refractivity contribution >= 4 is 17.7 Å². The fourth-order valence-electron chi connectivity index (χ4n) is 5.32. The predicted molar refractivity (Wildman–Crippen MR) is 152 cm³/mol. The van der Waals surface area contributed by atoms with E-state index in [9.17, 15) is 23.2 Å². The number of hydrogen-bond donors (Lipinski definition) is 2. The Balaban J connectivity index is 1.31. The molecule has 0 saturated carbocycles. The Morgan fingerprint density at radius 2 is 1.79 bits per heavy atom. The van der Waals surface area contributed by atoms with E-state index in [1.807, 2.05) is 47.4 Å². The zero-order valence-electron chi connectivity index (χ0n) is 23.4. The van der Waals surface area contributed by atoms with Crippen LogP contribution in [-0.4, -0.2) is 77.7 Å². The van der Waals surface area contributed by atoms with Crippen molar-refractivity contribution in [1.29, 1.82) is 0 Å². The van der Waals surface area contributed by atoms with Gasteiger partial charge in [-0.15, -0.1) is 0 Å². The van der Waals surface area contributed by atoms with Crippen LogP contribution in [0, 0.1) is 0 Å². The fraction of sp³-hybridized carbons (Fsp3) is 0.419. The van der Waals surface area contributed by atoms with Gasteiger partial charge in [-0.25, -0.2) is 13.8 Å². The van der Waals surface area contributed by atoms with Crippen LogP contribution in [0.2, 0.25) is 0 Å². The van der Waals surface area contributed by atoms with Crippen LogP contribution >= 0.6 is 0 Å². The lowest BCUT2D eigenvalue weighted by Gasteiger charge is -2.31. The van der Waals surface area contributed by atoms with Crippen molar-refractivity contribution in [2.75, 3.05) is 39.3 Å². The zero-order valence-corrected chi connectivity index (χ0v) is 23.4. The molecule has 1 aromatic heterocycles. The summed E-state index contributed by atoms with van der Waals surface area (Å²) in [5, 5.41) is 6.21. The molecule has 9 nitrogen and oxygen atoms in total. The van der Waals surface area contributed by atoms with Crippen LogP contribution in [0.4, 0.5) is 8.78 Å². The van der Waals surface area contributed by atoms with Crippen LogP contribution in [0.5, 0.6) is 0 Å². The third kappa shape index (κ3) is 7.58. The fourth-order valence-corrected chi connectivity index (χ4v) is 5.32. The average Bonchev–Trinajstić information content (AvgIpc) is 3.49. The molecule has 5 rings (SSSR count). The van der Waals surface area contributed by atoms with Gasteiger partial charge in [0.1, 0.15) is 6.26 Å². The summed E-state index contributed by atoms with van der Waals surface area (Å²) in [5.74, 6) is -3.39. The number of aromatic nitrogens is 1. The van der Waals surface area contributed by atoms with Gasteiger partial charge in [0.25, 0.3) is 11.8 Å². The van der Waals surface area contributed by atoms with E-state index in [2.05, 4.69) is 15.6 Å². The van der Waals surface area contributed by atoms with Gasteiger partial charge in [-0.1, -0.05) is 36.4 Å². The smallest absolute Gasteiger partial charge is 0.276 e. The molecule has 3 amide bonds. The molecular formula is C31H35F2N5O4. The highest BCUT2D eigenvalue weighted by molar-refractivity contribution is 5.92. The molecule has 2 aromatic carbocycles. The van der Waals surface area contributed by atoms with Crippen molar-refractivity contribution in [3.05, 3.63) is 77.2 Å². The van der Waals surface area contributed by atoms with Crippen molar-refractivity contribution < 1.29 is 27.6 Å². The summed E-state index contributed by atoms with van der Waals surface area (Å²) in [4.78, 5) is 45.6. The number of nitrogens with one attached hydrogen (secondary N) is 2. The number of carbonyl (C=O) groups is 3. The molecule has 0 radical (unpaired) electrons. The van der Waals surface area contributed by atoms with Crippen LogP contribution < -0.4 is 10.6 Å². The minimum absolute atomic E-state index is 0.0320. The molecule has 2 aliphatic heterocycles. The Labute approximate surface area is 243 Å². The summed E-state index contributed by atoms with van der Waals surface area (Å²) in [6, 6.07) is 14.9. The number of carbonyl (C=O) groups excluding carboxylic acids is 3. The minimum Gasteiger partial charge on any atom is -0.444 e. The van der Waals surface area contributed by atoms with E-state index < -0.39 is 18.4 Å². The molecule has 2 aliphatic rings. The largest absolute Gasteiger partial charge is 0.444 e. The van der Waals surface area contributed by atoms with E-state index in [-0.39, 0.29) is 55.8 Å². The topological polar surface area (TPSA) is 108 Å². The van der Waals surface area contributed by atoms with Crippen molar-refractivity contribution in [3.63, 3.8) is 0 Å². The van der Waals surface area contributed by atoms with Gasteiger partial charge in [0.2, 0.25) is 17.7 Å². The first-order valence-corrected chi connectivity index (χ1v) is 14.3. The molecule has 42 heavy (non-hydrogen) atoms. The second-order valence-corrected chi connectivity index (χ2v) is 10.8. The summed E-state index contributed by atoms with van der Waals surface area (Å²) < 4.78 is 33.3. The molecule has 2 fully saturated rings. The number of likely N-dealkylation sites (tertiary alicyclic amines) is 1. The van der Waals surface area contributed by atoms with Crippen LogP contribution in [0.3, 0.4) is 0 Å². The van der Waals surface area contributed by atoms with Gasteiger partial charge in [-0.3, -0.25) is 14.4 Å². The van der Waals surface area contributed by atoms with Gasteiger partial charge in [-0.2, -0.15) is 0 Å². The van der Waals surface area contributed by atoms with E-state index in [0.29, 0.717) is 31.5 Å². The van der Waals surface area contributed by atoms with Crippen molar-refractivity contribution in [2.24, 2.45) is 0 Å². The highest BCUT2D eigenvalue weighted by atomic mass is 19.3. The summed E-state index contributed by atoms with van der Waals surface area (Å²) in [6.45, 7) is 2.74. The minimum atomic E-state index is -2.91. The van der Waals surface area contributed by atoms with Crippen LogP contribution in [-0.2, 0) is 29.0 Å². The molecule has 0 aliphatic carbocycles. The molecular weight excluding hydrogens is 544 g/mol. The molecule has 0 bridgehead atoms. The molecule has 222 valence electrons. The number of piperidine rings is 1. The van der Waals surface area contributed by atoms with Gasteiger partial charge in [0.15, 0.2) is 5.69 Å². The van der Waals surface area contributed by atoms with E-state index in [4.69, 9.17) is 4.42 Å². The van der Waals surface area contributed by atoms with Crippen LogP contribution in [0.25, 0.3) is 11.5 Å². The Kier molecular flexibility index (Phi) is 9.26. The Bertz CT molecular complexity index is 1410. The molecule has 11 heteroatoms. The van der Waals surface area contributed by atoms with E-state index >= 15 is 0 Å². The van der Waals surface area contributed by atoms with Gasteiger partial charge >= 0.3 is 0 Å². The van der Waals surface area contributed by atoms with Crippen LogP contribution in [0.1, 0.15) is 46.4 Å². The molecule has 3 aromatic rings. The highest BCUT2D eigenvalue weighted by Crippen LogP contribution is 2.28. The molecule has 2 N–H and O–H groups in total. The van der Waals surface area contributed by atoms with Gasteiger partial charge < -0.3 is 24.9 Å². The standard InChI is InChI=1S/C31H35F2N5O4/c32-31(33)11-4-14-38(21-31)30(41)26-20-42-29(36-26)24-7-8-25(19-35-27(39)17-22-5-2-1-3-6-22)23(18-24)9-10-28(40)37-15-12-34-13-16-37/h1-3,5-8,18,20,34H,4,9-17,19,21H2,(H,35,39). The summed E-state index contributed by atoms with van der Waals surface area (Å²) in [5.41, 5.74) is 3.16. The second kappa shape index (κ2) is 13.2. The first-order chi connectivity index (χ1) is 20.3. The number of oxazole rings is 1. The SMILES string of the molecule is O=C(Cc1ccccc1)NCc1ccc(-c2nc(C(=O)N3CCCC(F)(F)C3)co2)cc1CCC(=O)N1CCNCC1. The maximum absolute atomic E-state index is 13.9. The monoisotopic (exact) mass is 579 g/mol. The number of hydrogen-bond acceptors (Lipinski definition) is 6. The number of benzene rings is 2. The number of piperazine rings is 1. The Morgan fingerprint density at radius 3 is 2.55 bits per heavy atom. The first kappa shape index (κ1) is 29.4. The van der Waals surface area contributed by atoms with Gasteiger partial charge in [0, 0.05) is 57.7 Å². The molecule has 0 atom stereocenters. The predicted octanol–water partition coefficient (Wildman–Crippen LogP) is 3.44. The lowest BCUT2D eigenvalue weighted by atomic mass is 9.99. The number of aryl methyl sites for hydroxylation is 1. The number of rotatable bonds is 9. The van der Waals surface area contributed by atoms with Gasteiger partial charge in [-0.05, 0) is 41.7 Å². The van der Waals surface area contributed by atoms with Gasteiger partial charge in [0.05, 0.1) is 13.0 Å². The number of nitrogens with zero attached hydrogens (tertiary/aromatic N) is 3. The van der Waals surface area contributed by atoms with Crippen molar-refractivity contribution in [3.8, 4) is 11.5 Å². The summed E-state index contributed by atoms with van der Waals surface area (Å²) in [6.07, 6.45) is 2.17. The average molecular weight is 580 g/mol. The summed E-state index contributed by atoms with van der Waals surface area (Å²) in [7, 11) is 0. The Hall–Kier alpha value is -4.12. The maximum atomic E-state index is 13.9. The third-order valence-electron chi connectivity index (χ3n) is 7.62. The highest BCUT2D eigenvalue weighted by Gasteiger charge is 2.38. The van der Waals surface area contributed by atoms with Crippen molar-refractivity contribution in [2.45, 2.75) is 44.6 Å². The zero-order chi connectivity index (χ0) is 29.5. The quantitative estimate of drug-likeness (QED) is 0.402. The second-order valence-electron chi connectivity index (χ2n) is 10.8.